The highest BCUT2D eigenvalue weighted by molar-refractivity contribution is 5.97. The fourth-order valence-electron chi connectivity index (χ4n) is 1.12. The lowest BCUT2D eigenvalue weighted by molar-refractivity contribution is 0.410. The van der Waals surface area contributed by atoms with E-state index in [0.29, 0.717) is 18.2 Å². The van der Waals surface area contributed by atoms with Gasteiger partial charge in [0.25, 0.3) is 0 Å². The summed E-state index contributed by atoms with van der Waals surface area (Å²) in [6.45, 7) is 0.331. The number of amidine groups is 1. The number of hydrogen-bond donors (Lipinski definition) is 1. The molecule has 0 aliphatic carbocycles. The summed E-state index contributed by atoms with van der Waals surface area (Å²) < 4.78 is 4.58. The number of hydrogen-bond acceptors (Lipinski definition) is 4. The Morgan fingerprint density at radius 2 is 2.13 bits per heavy atom. The van der Waals surface area contributed by atoms with Gasteiger partial charge in [0, 0.05) is 5.56 Å². The second-order valence-corrected chi connectivity index (χ2v) is 2.91. The molecule has 1 aromatic heterocycles. The van der Waals surface area contributed by atoms with E-state index >= 15 is 0 Å². The predicted molar refractivity (Wildman–Crippen MR) is 55.2 cm³/mol. The van der Waals surface area contributed by atoms with Crippen molar-refractivity contribution in [1.82, 2.24) is 10.1 Å². The van der Waals surface area contributed by atoms with Crippen LogP contribution in [0.4, 0.5) is 0 Å². The smallest absolute Gasteiger partial charge is 0.213 e. The molecule has 0 radical (unpaired) electrons. The fourth-order valence-corrected chi connectivity index (χ4v) is 1.12. The third kappa shape index (κ3) is 2.40. The first-order chi connectivity index (χ1) is 7.36. The number of nitrogens with two attached hydrogens (primary N) is 1. The van der Waals surface area contributed by atoms with Crippen LogP contribution in [0.5, 0.6) is 0 Å². The zero-order valence-corrected chi connectivity index (χ0v) is 8.00. The maximum absolute atomic E-state index is 5.78. The SMILES string of the molecule is NC(=NCc1ncon1)c1ccccc1. The maximum atomic E-state index is 5.78. The van der Waals surface area contributed by atoms with E-state index in [1.54, 1.807) is 0 Å². The van der Waals surface area contributed by atoms with Crippen LogP contribution in [0.3, 0.4) is 0 Å². The summed E-state index contributed by atoms with van der Waals surface area (Å²) in [5, 5.41) is 3.63. The molecule has 76 valence electrons. The van der Waals surface area contributed by atoms with Gasteiger partial charge in [0.15, 0.2) is 5.82 Å². The first-order valence-corrected chi connectivity index (χ1v) is 4.47. The van der Waals surface area contributed by atoms with Crippen molar-refractivity contribution in [3.63, 3.8) is 0 Å². The molecule has 0 fully saturated rings. The molecule has 5 heteroatoms. The Labute approximate surface area is 86.6 Å². The minimum Gasteiger partial charge on any atom is -0.383 e. The van der Waals surface area contributed by atoms with Crippen LogP contribution in [0, 0.1) is 0 Å². The molecule has 0 bridgehead atoms. The van der Waals surface area contributed by atoms with Gasteiger partial charge < -0.3 is 10.3 Å². The Morgan fingerprint density at radius 3 is 2.80 bits per heavy atom. The summed E-state index contributed by atoms with van der Waals surface area (Å²) in [5.41, 5.74) is 6.67. The van der Waals surface area contributed by atoms with E-state index in [1.807, 2.05) is 30.3 Å². The molecule has 1 heterocycles. The summed E-state index contributed by atoms with van der Waals surface area (Å²) >= 11 is 0. The zero-order valence-electron chi connectivity index (χ0n) is 8.00. The highest BCUT2D eigenvalue weighted by Crippen LogP contribution is 1.99. The van der Waals surface area contributed by atoms with Crippen LogP contribution in [-0.2, 0) is 6.54 Å². The van der Waals surface area contributed by atoms with Crippen molar-refractivity contribution in [3.05, 3.63) is 48.1 Å². The summed E-state index contributed by atoms with van der Waals surface area (Å²) in [6.07, 6.45) is 1.27. The second-order valence-electron chi connectivity index (χ2n) is 2.91. The lowest BCUT2D eigenvalue weighted by Gasteiger charge is -1.98. The Morgan fingerprint density at radius 1 is 1.33 bits per heavy atom. The van der Waals surface area contributed by atoms with Gasteiger partial charge in [-0.2, -0.15) is 4.98 Å². The van der Waals surface area contributed by atoms with Gasteiger partial charge in [-0.3, -0.25) is 4.99 Å². The summed E-state index contributed by atoms with van der Waals surface area (Å²) in [5.74, 6) is 0.995. The van der Waals surface area contributed by atoms with Crippen LogP contribution in [0.2, 0.25) is 0 Å². The highest BCUT2D eigenvalue weighted by Gasteiger charge is 1.99. The maximum Gasteiger partial charge on any atom is 0.213 e. The van der Waals surface area contributed by atoms with E-state index in [1.165, 1.54) is 6.39 Å². The van der Waals surface area contributed by atoms with Crippen LogP contribution in [0.15, 0.2) is 46.2 Å². The van der Waals surface area contributed by atoms with Crippen LogP contribution in [0.25, 0.3) is 0 Å². The van der Waals surface area contributed by atoms with Gasteiger partial charge in [0.05, 0.1) is 0 Å². The summed E-state index contributed by atoms with van der Waals surface area (Å²) in [6, 6.07) is 9.54. The molecule has 5 nitrogen and oxygen atoms in total. The number of rotatable bonds is 3. The van der Waals surface area contributed by atoms with Gasteiger partial charge in [0.1, 0.15) is 12.4 Å². The van der Waals surface area contributed by atoms with E-state index in [4.69, 9.17) is 5.73 Å². The highest BCUT2D eigenvalue weighted by atomic mass is 16.5. The predicted octanol–water partition coefficient (Wildman–Crippen LogP) is 0.975. The number of aromatic nitrogens is 2. The molecule has 2 aromatic rings. The van der Waals surface area contributed by atoms with Crippen molar-refractivity contribution in [1.29, 1.82) is 0 Å². The molecule has 0 atom stereocenters. The fraction of sp³-hybridized carbons (Fsp3) is 0.100. The van der Waals surface area contributed by atoms with Crippen molar-refractivity contribution in [2.75, 3.05) is 0 Å². The molecular weight excluding hydrogens is 192 g/mol. The molecule has 2 N–H and O–H groups in total. The van der Waals surface area contributed by atoms with Crippen LogP contribution >= 0.6 is 0 Å². The normalized spacial score (nSPS) is 11.6. The minimum absolute atomic E-state index is 0.331. The molecule has 2 rings (SSSR count). The summed E-state index contributed by atoms with van der Waals surface area (Å²) in [4.78, 5) is 7.99. The van der Waals surface area contributed by atoms with Crippen LogP contribution < -0.4 is 5.73 Å². The number of aliphatic imine (C=N–C) groups is 1. The number of nitrogens with zero attached hydrogens (tertiary/aromatic N) is 3. The molecule has 0 unspecified atom stereocenters. The third-order valence-electron chi connectivity index (χ3n) is 1.87. The Bertz CT molecular complexity index is 436. The average molecular weight is 202 g/mol. The Balaban J connectivity index is 2.08. The molecule has 0 saturated carbocycles. The van der Waals surface area contributed by atoms with E-state index < -0.39 is 0 Å². The van der Waals surface area contributed by atoms with Crippen LogP contribution in [0.1, 0.15) is 11.4 Å². The van der Waals surface area contributed by atoms with Gasteiger partial charge in [-0.15, -0.1) is 0 Å². The first-order valence-electron chi connectivity index (χ1n) is 4.47. The van der Waals surface area contributed by atoms with E-state index in [2.05, 4.69) is 19.7 Å². The monoisotopic (exact) mass is 202 g/mol. The largest absolute Gasteiger partial charge is 0.383 e. The Kier molecular flexibility index (Phi) is 2.73. The minimum atomic E-state index is 0.331. The van der Waals surface area contributed by atoms with Crippen molar-refractivity contribution >= 4 is 5.84 Å². The quantitative estimate of drug-likeness (QED) is 0.594. The van der Waals surface area contributed by atoms with Gasteiger partial charge in [-0.25, -0.2) is 0 Å². The molecule has 0 aliphatic heterocycles. The topological polar surface area (TPSA) is 77.3 Å². The summed E-state index contributed by atoms with van der Waals surface area (Å²) in [7, 11) is 0. The van der Waals surface area contributed by atoms with Crippen molar-refractivity contribution < 1.29 is 4.52 Å². The van der Waals surface area contributed by atoms with E-state index in [0.717, 1.165) is 5.56 Å². The lowest BCUT2D eigenvalue weighted by Crippen LogP contribution is -2.13. The number of benzene rings is 1. The molecule has 0 spiro atoms. The van der Waals surface area contributed by atoms with E-state index in [-0.39, 0.29) is 0 Å². The van der Waals surface area contributed by atoms with Gasteiger partial charge in [-0.1, -0.05) is 35.5 Å². The lowest BCUT2D eigenvalue weighted by atomic mass is 10.2. The van der Waals surface area contributed by atoms with E-state index in [9.17, 15) is 0 Å². The van der Waals surface area contributed by atoms with Crippen LogP contribution in [-0.4, -0.2) is 16.0 Å². The molecule has 15 heavy (non-hydrogen) atoms. The van der Waals surface area contributed by atoms with Crippen molar-refractivity contribution in [3.8, 4) is 0 Å². The van der Waals surface area contributed by atoms with Gasteiger partial charge >= 0.3 is 0 Å². The molecule has 1 aromatic carbocycles. The average Bonchev–Trinajstić information content (AvgIpc) is 2.80. The van der Waals surface area contributed by atoms with Crippen molar-refractivity contribution in [2.24, 2.45) is 10.7 Å². The standard InChI is InChI=1S/C10H10N4O/c11-10(8-4-2-1-3-5-8)12-6-9-13-7-15-14-9/h1-5,7H,6H2,(H2,11,12). The molecule has 0 saturated heterocycles. The van der Waals surface area contributed by atoms with Gasteiger partial charge in [0.2, 0.25) is 6.39 Å². The van der Waals surface area contributed by atoms with Gasteiger partial charge in [-0.05, 0) is 0 Å². The molecule has 0 aliphatic rings. The molecular formula is C10H10N4O. The molecule has 0 amide bonds. The third-order valence-corrected chi connectivity index (χ3v) is 1.87. The first kappa shape index (κ1) is 9.39. The van der Waals surface area contributed by atoms with Crippen molar-refractivity contribution in [2.45, 2.75) is 6.54 Å². The second kappa shape index (κ2) is 4.36. The zero-order chi connectivity index (χ0) is 10.5. The Hall–Kier alpha value is -2.17.